The van der Waals surface area contributed by atoms with Crippen molar-refractivity contribution in [3.8, 4) is 0 Å². The molecule has 6 heteroatoms. The van der Waals surface area contributed by atoms with Gasteiger partial charge in [0.1, 0.15) is 5.82 Å². The van der Waals surface area contributed by atoms with E-state index < -0.39 is 0 Å². The molecule has 1 aromatic rings. The number of nitrogens with zero attached hydrogens (tertiary/aromatic N) is 2. The standard InChI is InChI=1S/C6H9N5O/c7-6-9-5(10-11-6)3-1-2-4(12)8-3/h3H,1-2H2,(H,8,12)(H3,7,9,10,11). The lowest BCUT2D eigenvalue weighted by molar-refractivity contribution is -0.119. The fourth-order valence-corrected chi connectivity index (χ4v) is 1.26. The van der Waals surface area contributed by atoms with Crippen LogP contribution in [0.3, 0.4) is 0 Å². The largest absolute Gasteiger partial charge is 0.367 e. The van der Waals surface area contributed by atoms with Crippen LogP contribution in [0.25, 0.3) is 0 Å². The highest BCUT2D eigenvalue weighted by Gasteiger charge is 2.24. The fourth-order valence-electron chi connectivity index (χ4n) is 1.26. The van der Waals surface area contributed by atoms with Crippen LogP contribution in [0.15, 0.2) is 0 Å². The van der Waals surface area contributed by atoms with E-state index in [9.17, 15) is 4.79 Å². The number of carbonyl (C=O) groups is 1. The second-order valence-corrected chi connectivity index (χ2v) is 2.74. The minimum absolute atomic E-state index is 0.0395. The van der Waals surface area contributed by atoms with Gasteiger partial charge in [0, 0.05) is 6.42 Å². The molecule has 1 aliphatic heterocycles. The van der Waals surface area contributed by atoms with Gasteiger partial charge in [-0.25, -0.2) is 0 Å². The van der Waals surface area contributed by atoms with Crippen LogP contribution in [0, 0.1) is 0 Å². The molecule has 2 heterocycles. The Morgan fingerprint density at radius 1 is 1.58 bits per heavy atom. The molecule has 0 aliphatic carbocycles. The molecule has 1 saturated heterocycles. The molecule has 1 aromatic heterocycles. The van der Waals surface area contributed by atoms with Gasteiger partial charge in [-0.1, -0.05) is 0 Å². The van der Waals surface area contributed by atoms with Crippen molar-refractivity contribution in [1.82, 2.24) is 20.5 Å². The first kappa shape index (κ1) is 7.08. The van der Waals surface area contributed by atoms with Gasteiger partial charge in [-0.05, 0) is 6.42 Å². The van der Waals surface area contributed by atoms with Crippen molar-refractivity contribution >= 4 is 11.9 Å². The predicted octanol–water partition coefficient (Wildman–Crippen LogP) is -0.662. The molecule has 2 rings (SSSR count). The fraction of sp³-hybridized carbons (Fsp3) is 0.500. The number of hydrogen-bond acceptors (Lipinski definition) is 4. The molecule has 64 valence electrons. The lowest BCUT2D eigenvalue weighted by Crippen LogP contribution is -2.19. The number of nitrogen functional groups attached to an aromatic ring is 1. The third-order valence-electron chi connectivity index (χ3n) is 1.85. The first-order chi connectivity index (χ1) is 5.75. The minimum atomic E-state index is -0.0395. The van der Waals surface area contributed by atoms with E-state index in [2.05, 4.69) is 20.5 Å². The lowest BCUT2D eigenvalue weighted by Gasteiger charge is -2.03. The molecule has 0 saturated carbocycles. The van der Waals surface area contributed by atoms with E-state index in [0.29, 0.717) is 12.2 Å². The summed E-state index contributed by atoms with van der Waals surface area (Å²) < 4.78 is 0. The number of anilines is 1. The molecule has 4 N–H and O–H groups in total. The molecular weight excluding hydrogens is 158 g/mol. The molecule has 0 radical (unpaired) electrons. The van der Waals surface area contributed by atoms with Crippen LogP contribution >= 0.6 is 0 Å². The van der Waals surface area contributed by atoms with Crippen LogP contribution in [-0.4, -0.2) is 21.1 Å². The Hall–Kier alpha value is -1.59. The van der Waals surface area contributed by atoms with Gasteiger partial charge in [-0.15, -0.1) is 5.10 Å². The molecule has 1 amide bonds. The van der Waals surface area contributed by atoms with Crippen LogP contribution in [0.2, 0.25) is 0 Å². The normalized spacial score (nSPS) is 22.7. The van der Waals surface area contributed by atoms with Gasteiger partial charge in [0.05, 0.1) is 6.04 Å². The first-order valence-corrected chi connectivity index (χ1v) is 3.73. The highest BCUT2D eigenvalue weighted by molar-refractivity contribution is 5.78. The summed E-state index contributed by atoms with van der Waals surface area (Å²) in [6.45, 7) is 0. The minimum Gasteiger partial charge on any atom is -0.367 e. The zero-order valence-corrected chi connectivity index (χ0v) is 6.37. The Morgan fingerprint density at radius 3 is 2.92 bits per heavy atom. The van der Waals surface area contributed by atoms with Crippen LogP contribution in [0.5, 0.6) is 0 Å². The molecule has 1 unspecified atom stereocenters. The summed E-state index contributed by atoms with van der Waals surface area (Å²) in [6.07, 6.45) is 1.30. The monoisotopic (exact) mass is 167 g/mol. The van der Waals surface area contributed by atoms with Crippen molar-refractivity contribution in [3.05, 3.63) is 5.82 Å². The Kier molecular flexibility index (Phi) is 1.46. The summed E-state index contributed by atoms with van der Waals surface area (Å²) in [5.41, 5.74) is 5.31. The summed E-state index contributed by atoms with van der Waals surface area (Å²) in [5, 5.41) is 9.10. The van der Waals surface area contributed by atoms with Crippen molar-refractivity contribution in [1.29, 1.82) is 0 Å². The molecule has 12 heavy (non-hydrogen) atoms. The van der Waals surface area contributed by atoms with E-state index in [1.807, 2.05) is 0 Å². The molecule has 0 bridgehead atoms. The summed E-state index contributed by atoms with van der Waals surface area (Å²) in [4.78, 5) is 14.8. The van der Waals surface area contributed by atoms with Crippen LogP contribution < -0.4 is 11.1 Å². The van der Waals surface area contributed by atoms with E-state index in [0.717, 1.165) is 6.42 Å². The van der Waals surface area contributed by atoms with E-state index in [-0.39, 0.29) is 17.9 Å². The molecule has 6 nitrogen and oxygen atoms in total. The van der Waals surface area contributed by atoms with Crippen molar-refractivity contribution in [2.24, 2.45) is 0 Å². The van der Waals surface area contributed by atoms with E-state index in [1.54, 1.807) is 0 Å². The number of aromatic amines is 1. The zero-order chi connectivity index (χ0) is 8.55. The van der Waals surface area contributed by atoms with Crippen molar-refractivity contribution in [2.45, 2.75) is 18.9 Å². The maximum atomic E-state index is 10.8. The van der Waals surface area contributed by atoms with Gasteiger partial charge in [0.25, 0.3) is 0 Å². The third kappa shape index (κ3) is 1.11. The van der Waals surface area contributed by atoms with Crippen LogP contribution in [0.4, 0.5) is 5.95 Å². The Bertz CT molecular complexity index is 307. The van der Waals surface area contributed by atoms with Gasteiger partial charge in [0.2, 0.25) is 11.9 Å². The highest BCUT2D eigenvalue weighted by Crippen LogP contribution is 2.20. The average molecular weight is 167 g/mol. The van der Waals surface area contributed by atoms with Crippen molar-refractivity contribution < 1.29 is 4.79 Å². The number of rotatable bonds is 1. The number of aromatic nitrogens is 3. The second kappa shape index (κ2) is 2.47. The highest BCUT2D eigenvalue weighted by atomic mass is 16.1. The number of carbonyl (C=O) groups excluding carboxylic acids is 1. The molecule has 1 atom stereocenters. The quantitative estimate of drug-likeness (QED) is 0.517. The number of H-pyrrole nitrogens is 1. The second-order valence-electron chi connectivity index (χ2n) is 2.74. The zero-order valence-electron chi connectivity index (χ0n) is 6.37. The van der Waals surface area contributed by atoms with E-state index in [4.69, 9.17) is 5.73 Å². The SMILES string of the molecule is Nc1n[nH]c(C2CCC(=O)N2)n1. The molecule has 1 fully saturated rings. The topological polar surface area (TPSA) is 96.7 Å². The van der Waals surface area contributed by atoms with Gasteiger partial charge < -0.3 is 11.1 Å². The maximum absolute atomic E-state index is 10.8. The smallest absolute Gasteiger partial charge is 0.239 e. The summed E-state index contributed by atoms with van der Waals surface area (Å²) in [7, 11) is 0. The van der Waals surface area contributed by atoms with Crippen LogP contribution in [-0.2, 0) is 4.79 Å². The number of hydrogen-bond donors (Lipinski definition) is 3. The number of nitrogens with two attached hydrogens (primary N) is 1. The van der Waals surface area contributed by atoms with Gasteiger partial charge >= 0.3 is 0 Å². The number of nitrogens with one attached hydrogen (secondary N) is 2. The van der Waals surface area contributed by atoms with Crippen LogP contribution in [0.1, 0.15) is 24.7 Å². The Balaban J connectivity index is 2.15. The molecule has 1 aliphatic rings. The lowest BCUT2D eigenvalue weighted by atomic mass is 10.2. The Labute approximate surface area is 68.6 Å². The van der Waals surface area contributed by atoms with Gasteiger partial charge in [-0.3, -0.25) is 9.89 Å². The summed E-state index contributed by atoms with van der Waals surface area (Å²) in [6, 6.07) is -0.0395. The van der Waals surface area contributed by atoms with Crippen molar-refractivity contribution in [3.63, 3.8) is 0 Å². The summed E-state index contributed by atoms with van der Waals surface area (Å²) in [5.74, 6) is 0.902. The number of amides is 1. The van der Waals surface area contributed by atoms with E-state index >= 15 is 0 Å². The first-order valence-electron chi connectivity index (χ1n) is 3.73. The van der Waals surface area contributed by atoms with Gasteiger partial charge in [0.15, 0.2) is 0 Å². The molecular formula is C6H9N5O. The van der Waals surface area contributed by atoms with Crippen molar-refractivity contribution in [2.75, 3.05) is 5.73 Å². The van der Waals surface area contributed by atoms with Gasteiger partial charge in [-0.2, -0.15) is 4.98 Å². The summed E-state index contributed by atoms with van der Waals surface area (Å²) >= 11 is 0. The maximum Gasteiger partial charge on any atom is 0.239 e. The predicted molar refractivity (Wildman–Crippen MR) is 40.9 cm³/mol. The third-order valence-corrected chi connectivity index (χ3v) is 1.85. The average Bonchev–Trinajstić information content (AvgIpc) is 2.58. The van der Waals surface area contributed by atoms with E-state index in [1.165, 1.54) is 0 Å². The Morgan fingerprint density at radius 2 is 2.42 bits per heavy atom. The molecule has 0 spiro atoms. The molecule has 0 aromatic carbocycles.